The monoisotopic (exact) mass is 329 g/mol. The van der Waals surface area contributed by atoms with Gasteiger partial charge in [-0.25, -0.2) is 0 Å². The first-order valence-electron chi connectivity index (χ1n) is 5.97. The van der Waals surface area contributed by atoms with Gasteiger partial charge in [-0.3, -0.25) is 4.79 Å². The molecule has 0 fully saturated rings. The van der Waals surface area contributed by atoms with Crippen LogP contribution in [0.3, 0.4) is 0 Å². The number of hydrogen-bond donors (Lipinski definition) is 1. The van der Waals surface area contributed by atoms with Crippen LogP contribution in [-0.2, 0) is 4.79 Å². The van der Waals surface area contributed by atoms with Crippen LogP contribution < -0.4 is 10.1 Å². The molecule has 1 aromatic heterocycles. The summed E-state index contributed by atoms with van der Waals surface area (Å²) in [6.45, 7) is 1.83. The Morgan fingerprint density at radius 2 is 2.15 bits per heavy atom. The first kappa shape index (κ1) is 15.2. The fourth-order valence-corrected chi connectivity index (χ4v) is 2.71. The Morgan fingerprint density at radius 1 is 1.35 bits per heavy atom. The molecule has 1 amide bonds. The predicted octanol–water partition coefficient (Wildman–Crippen LogP) is 4.31. The molecule has 0 spiro atoms. The fourth-order valence-electron chi connectivity index (χ4n) is 1.63. The van der Waals surface area contributed by atoms with Gasteiger partial charge in [-0.2, -0.15) is 0 Å². The molecule has 1 heterocycles. The lowest BCUT2D eigenvalue weighted by Crippen LogP contribution is -2.30. The zero-order chi connectivity index (χ0) is 14.5. The summed E-state index contributed by atoms with van der Waals surface area (Å²) < 4.78 is 5.37. The van der Waals surface area contributed by atoms with E-state index in [2.05, 4.69) is 5.32 Å². The normalized spacial score (nSPS) is 11.9. The largest absolute Gasteiger partial charge is 0.482 e. The number of hydrogen-bond acceptors (Lipinski definition) is 3. The van der Waals surface area contributed by atoms with Gasteiger partial charge in [-0.05, 0) is 30.5 Å². The lowest BCUT2D eigenvalue weighted by atomic mass is 10.3. The van der Waals surface area contributed by atoms with E-state index in [-0.39, 0.29) is 18.6 Å². The molecule has 20 heavy (non-hydrogen) atoms. The summed E-state index contributed by atoms with van der Waals surface area (Å²) in [5.41, 5.74) is 0. The standard InChI is InChI=1S/C14H13Cl2NO2S/c1-9(12-6-3-7-20-12)17-13(18)8-19-11-5-2-4-10(15)14(11)16/h2-7,9H,8H2,1H3,(H,17,18). The second-order valence-electron chi connectivity index (χ2n) is 4.15. The van der Waals surface area contributed by atoms with Gasteiger partial charge < -0.3 is 10.1 Å². The maximum absolute atomic E-state index is 11.8. The SMILES string of the molecule is CC(NC(=O)COc1cccc(Cl)c1Cl)c1cccs1. The van der Waals surface area contributed by atoms with Crippen LogP contribution in [0.2, 0.25) is 10.0 Å². The summed E-state index contributed by atoms with van der Waals surface area (Å²) in [5, 5.41) is 5.54. The molecule has 2 rings (SSSR count). The van der Waals surface area contributed by atoms with Crippen molar-refractivity contribution < 1.29 is 9.53 Å². The van der Waals surface area contributed by atoms with E-state index in [9.17, 15) is 4.79 Å². The van der Waals surface area contributed by atoms with E-state index in [0.29, 0.717) is 15.8 Å². The molecule has 106 valence electrons. The summed E-state index contributed by atoms with van der Waals surface area (Å²) in [6.07, 6.45) is 0. The Labute approximate surface area is 131 Å². The maximum atomic E-state index is 11.8. The van der Waals surface area contributed by atoms with Crippen molar-refractivity contribution in [1.29, 1.82) is 0 Å². The van der Waals surface area contributed by atoms with Crippen molar-refractivity contribution in [3.63, 3.8) is 0 Å². The molecule has 0 bridgehead atoms. The van der Waals surface area contributed by atoms with Gasteiger partial charge in [-0.1, -0.05) is 35.3 Å². The molecule has 0 aliphatic carbocycles. The van der Waals surface area contributed by atoms with E-state index in [4.69, 9.17) is 27.9 Å². The second-order valence-corrected chi connectivity index (χ2v) is 5.91. The van der Waals surface area contributed by atoms with Crippen LogP contribution in [0.25, 0.3) is 0 Å². The number of benzene rings is 1. The smallest absolute Gasteiger partial charge is 0.258 e. The number of ether oxygens (including phenoxy) is 1. The summed E-state index contributed by atoms with van der Waals surface area (Å²) in [5.74, 6) is 0.194. The Balaban J connectivity index is 1.88. The highest BCUT2D eigenvalue weighted by Gasteiger charge is 2.12. The fraction of sp³-hybridized carbons (Fsp3) is 0.214. The average Bonchev–Trinajstić information content (AvgIpc) is 2.94. The highest BCUT2D eigenvalue weighted by molar-refractivity contribution is 7.10. The molecule has 2 aromatic rings. The molecule has 0 aliphatic heterocycles. The Bertz CT molecular complexity index is 587. The molecule has 1 aromatic carbocycles. The molecular formula is C14H13Cl2NO2S. The van der Waals surface area contributed by atoms with E-state index in [1.165, 1.54) is 0 Å². The molecule has 0 aliphatic rings. The van der Waals surface area contributed by atoms with Gasteiger partial charge in [0.25, 0.3) is 5.91 Å². The first-order chi connectivity index (χ1) is 9.58. The van der Waals surface area contributed by atoms with Crippen molar-refractivity contribution in [2.45, 2.75) is 13.0 Å². The van der Waals surface area contributed by atoms with E-state index < -0.39 is 0 Å². The Morgan fingerprint density at radius 3 is 2.85 bits per heavy atom. The third-order valence-corrected chi connectivity index (χ3v) is 4.48. The predicted molar refractivity (Wildman–Crippen MR) is 82.8 cm³/mol. The summed E-state index contributed by atoms with van der Waals surface area (Å²) in [7, 11) is 0. The van der Waals surface area contributed by atoms with Crippen molar-refractivity contribution in [2.75, 3.05) is 6.61 Å². The van der Waals surface area contributed by atoms with Crippen LogP contribution in [0.4, 0.5) is 0 Å². The number of nitrogens with one attached hydrogen (secondary N) is 1. The molecule has 1 atom stereocenters. The molecule has 3 nitrogen and oxygen atoms in total. The van der Waals surface area contributed by atoms with Gasteiger partial charge >= 0.3 is 0 Å². The molecule has 1 unspecified atom stereocenters. The minimum Gasteiger partial charge on any atom is -0.482 e. The zero-order valence-electron chi connectivity index (χ0n) is 10.7. The minimum absolute atomic E-state index is 0.0408. The third kappa shape index (κ3) is 3.88. The molecule has 0 saturated heterocycles. The highest BCUT2D eigenvalue weighted by Crippen LogP contribution is 2.31. The van der Waals surface area contributed by atoms with E-state index >= 15 is 0 Å². The number of carbonyl (C=O) groups is 1. The van der Waals surface area contributed by atoms with Crippen LogP contribution in [0.1, 0.15) is 17.8 Å². The quantitative estimate of drug-likeness (QED) is 0.887. The second kappa shape index (κ2) is 6.97. The van der Waals surface area contributed by atoms with E-state index in [0.717, 1.165) is 4.88 Å². The van der Waals surface area contributed by atoms with Crippen LogP contribution >= 0.6 is 34.5 Å². The van der Waals surface area contributed by atoms with Crippen LogP contribution in [-0.4, -0.2) is 12.5 Å². The van der Waals surface area contributed by atoms with Gasteiger partial charge in [0, 0.05) is 4.88 Å². The summed E-state index contributed by atoms with van der Waals surface area (Å²) in [6, 6.07) is 8.94. The molecular weight excluding hydrogens is 317 g/mol. The number of thiophene rings is 1. The number of carbonyl (C=O) groups excluding carboxylic acids is 1. The van der Waals surface area contributed by atoms with Crippen LogP contribution in [0.15, 0.2) is 35.7 Å². The zero-order valence-corrected chi connectivity index (χ0v) is 13.1. The van der Waals surface area contributed by atoms with E-state index in [1.807, 2.05) is 24.4 Å². The maximum Gasteiger partial charge on any atom is 0.258 e. The van der Waals surface area contributed by atoms with Crippen LogP contribution in [0.5, 0.6) is 5.75 Å². The van der Waals surface area contributed by atoms with Crippen molar-refractivity contribution in [2.24, 2.45) is 0 Å². The van der Waals surface area contributed by atoms with Gasteiger partial charge in [0.15, 0.2) is 6.61 Å². The number of rotatable bonds is 5. The van der Waals surface area contributed by atoms with Gasteiger partial charge in [0.05, 0.1) is 11.1 Å². The van der Waals surface area contributed by atoms with Gasteiger partial charge in [0.2, 0.25) is 0 Å². The van der Waals surface area contributed by atoms with Crippen molar-refractivity contribution in [3.8, 4) is 5.75 Å². The van der Waals surface area contributed by atoms with Crippen molar-refractivity contribution >= 4 is 40.4 Å². The third-order valence-electron chi connectivity index (χ3n) is 2.62. The first-order valence-corrected chi connectivity index (χ1v) is 7.61. The molecule has 6 heteroatoms. The Kier molecular flexibility index (Phi) is 5.29. The van der Waals surface area contributed by atoms with Crippen molar-refractivity contribution in [3.05, 3.63) is 50.6 Å². The summed E-state index contributed by atoms with van der Waals surface area (Å²) >= 11 is 13.4. The Hall–Kier alpha value is -1.23. The lowest BCUT2D eigenvalue weighted by molar-refractivity contribution is -0.123. The average molecular weight is 330 g/mol. The molecule has 0 saturated carbocycles. The molecule has 0 radical (unpaired) electrons. The van der Waals surface area contributed by atoms with Gasteiger partial charge in [-0.15, -0.1) is 11.3 Å². The topological polar surface area (TPSA) is 38.3 Å². The van der Waals surface area contributed by atoms with Gasteiger partial charge in [0.1, 0.15) is 10.8 Å². The highest BCUT2D eigenvalue weighted by atomic mass is 35.5. The minimum atomic E-state index is -0.207. The number of amides is 1. The van der Waals surface area contributed by atoms with Crippen LogP contribution in [0, 0.1) is 0 Å². The van der Waals surface area contributed by atoms with Crippen molar-refractivity contribution in [1.82, 2.24) is 5.32 Å². The number of halogens is 2. The van der Waals surface area contributed by atoms with E-state index in [1.54, 1.807) is 29.5 Å². The summed E-state index contributed by atoms with van der Waals surface area (Å²) in [4.78, 5) is 12.9. The molecule has 1 N–H and O–H groups in total. The lowest BCUT2D eigenvalue weighted by Gasteiger charge is -2.13.